The molecule has 0 bridgehead atoms. The highest BCUT2D eigenvalue weighted by Crippen LogP contribution is 2.10. The Kier molecular flexibility index (Phi) is 4.09. The van der Waals surface area contributed by atoms with Crippen LogP contribution in [0.2, 0.25) is 0 Å². The smallest absolute Gasteiger partial charge is 0.263 e. The Hall–Kier alpha value is -1.33. The van der Waals surface area contributed by atoms with Crippen molar-refractivity contribution >= 4 is 27.3 Å². The highest BCUT2D eigenvalue weighted by Gasteiger charge is 2.13. The van der Waals surface area contributed by atoms with E-state index < -0.39 is 10.0 Å². The van der Waals surface area contributed by atoms with Gasteiger partial charge in [0.25, 0.3) is 10.0 Å². The second-order valence-corrected chi connectivity index (χ2v) is 4.97. The zero-order valence-electron chi connectivity index (χ0n) is 8.64. The molecule has 0 saturated heterocycles. The number of aliphatic imine (C=N–C) groups is 1. The summed E-state index contributed by atoms with van der Waals surface area (Å²) in [6.07, 6.45) is 0. The molecule has 1 aromatic carbocycles. The van der Waals surface area contributed by atoms with Crippen LogP contribution in [0, 0.1) is 6.92 Å². The van der Waals surface area contributed by atoms with E-state index in [9.17, 15) is 8.42 Å². The summed E-state index contributed by atoms with van der Waals surface area (Å²) in [6.45, 7) is 5.28. The van der Waals surface area contributed by atoms with Crippen LogP contribution in [0.25, 0.3) is 0 Å². The molecule has 0 aliphatic heterocycles. The molecule has 0 aliphatic rings. The van der Waals surface area contributed by atoms with Gasteiger partial charge in [0.1, 0.15) is 5.82 Å². The summed E-state index contributed by atoms with van der Waals surface area (Å²) in [5, 5.41) is 0. The van der Waals surface area contributed by atoms with E-state index in [2.05, 4.69) is 16.3 Å². The summed E-state index contributed by atoms with van der Waals surface area (Å²) in [5.74, 6) is -0.0319. The molecule has 0 saturated carbocycles. The number of halogens is 1. The topological polar surface area (TPSA) is 58.5 Å². The van der Waals surface area contributed by atoms with Crippen molar-refractivity contribution in [3.63, 3.8) is 0 Å². The lowest BCUT2D eigenvalue weighted by Gasteiger charge is -2.06. The van der Waals surface area contributed by atoms with Gasteiger partial charge in [-0.3, -0.25) is 4.72 Å². The van der Waals surface area contributed by atoms with E-state index in [1.54, 1.807) is 12.1 Å². The van der Waals surface area contributed by atoms with Gasteiger partial charge in [-0.15, -0.1) is 0 Å². The molecule has 4 nitrogen and oxygen atoms in total. The summed E-state index contributed by atoms with van der Waals surface area (Å²) in [5.41, 5.74) is 1.93. The molecule has 0 spiro atoms. The monoisotopic (exact) mass is 258 g/mol. The fourth-order valence-corrected chi connectivity index (χ4v) is 2.11. The van der Waals surface area contributed by atoms with E-state index in [0.717, 1.165) is 11.2 Å². The number of benzene rings is 1. The maximum absolute atomic E-state index is 11.7. The SMILES string of the molecule is C=C(N=CCl)NS(=O)(=O)c1ccc(C)cc1. The van der Waals surface area contributed by atoms with Gasteiger partial charge in [0.2, 0.25) is 0 Å². The van der Waals surface area contributed by atoms with E-state index >= 15 is 0 Å². The number of aryl methyl sites for hydroxylation is 1. The van der Waals surface area contributed by atoms with Gasteiger partial charge in [-0.05, 0) is 19.1 Å². The molecule has 6 heteroatoms. The first-order valence-electron chi connectivity index (χ1n) is 4.37. The highest BCUT2D eigenvalue weighted by molar-refractivity contribution is 7.89. The number of hydrogen-bond acceptors (Lipinski definition) is 3. The molecule has 86 valence electrons. The van der Waals surface area contributed by atoms with Crippen molar-refractivity contribution in [3.8, 4) is 0 Å². The van der Waals surface area contributed by atoms with Gasteiger partial charge >= 0.3 is 0 Å². The fourth-order valence-electron chi connectivity index (χ4n) is 1.02. The van der Waals surface area contributed by atoms with Crippen molar-refractivity contribution in [1.29, 1.82) is 0 Å². The fraction of sp³-hybridized carbons (Fsp3) is 0.100. The summed E-state index contributed by atoms with van der Waals surface area (Å²) in [7, 11) is -3.62. The number of nitrogens with one attached hydrogen (secondary N) is 1. The standard InChI is InChI=1S/C10H11ClN2O2S/c1-8-3-5-10(6-4-8)16(14,15)13-9(2)12-7-11/h3-7,13H,2H2,1H3. The van der Waals surface area contributed by atoms with Crippen molar-refractivity contribution in [2.45, 2.75) is 11.8 Å². The lowest BCUT2D eigenvalue weighted by Crippen LogP contribution is -2.21. The first-order valence-corrected chi connectivity index (χ1v) is 6.29. The van der Waals surface area contributed by atoms with E-state index in [1.165, 1.54) is 12.1 Å². The van der Waals surface area contributed by atoms with Crippen LogP contribution in [0.1, 0.15) is 5.56 Å². The Morgan fingerprint density at radius 2 is 2.00 bits per heavy atom. The minimum absolute atomic E-state index is 0.0319. The molecule has 1 aromatic rings. The van der Waals surface area contributed by atoms with Gasteiger partial charge < -0.3 is 0 Å². The van der Waals surface area contributed by atoms with Crippen molar-refractivity contribution in [1.82, 2.24) is 4.72 Å². The van der Waals surface area contributed by atoms with E-state index in [-0.39, 0.29) is 10.7 Å². The zero-order chi connectivity index (χ0) is 12.2. The van der Waals surface area contributed by atoms with Gasteiger partial charge in [-0.1, -0.05) is 35.9 Å². The summed E-state index contributed by atoms with van der Waals surface area (Å²) >= 11 is 5.20. The Morgan fingerprint density at radius 1 is 1.44 bits per heavy atom. The Labute approximate surface area is 99.7 Å². The van der Waals surface area contributed by atoms with Gasteiger partial charge in [0, 0.05) is 0 Å². The number of rotatable bonds is 4. The van der Waals surface area contributed by atoms with Crippen LogP contribution < -0.4 is 4.72 Å². The molecule has 0 radical (unpaired) electrons. The second kappa shape index (κ2) is 5.14. The lowest BCUT2D eigenvalue weighted by molar-refractivity contribution is 0.588. The quantitative estimate of drug-likeness (QED) is 0.840. The average molecular weight is 259 g/mol. The highest BCUT2D eigenvalue weighted by atomic mass is 35.5. The molecule has 0 amide bonds. The largest absolute Gasteiger partial charge is 0.264 e. The average Bonchev–Trinajstić information content (AvgIpc) is 2.17. The summed E-state index contributed by atoms with van der Waals surface area (Å²) < 4.78 is 25.7. The van der Waals surface area contributed by atoms with Gasteiger partial charge in [-0.2, -0.15) is 0 Å². The Balaban J connectivity index is 2.94. The van der Waals surface area contributed by atoms with Crippen molar-refractivity contribution in [3.05, 3.63) is 42.2 Å². The zero-order valence-corrected chi connectivity index (χ0v) is 10.2. The van der Waals surface area contributed by atoms with Crippen LogP contribution in [0.15, 0.2) is 46.6 Å². The first kappa shape index (κ1) is 12.7. The van der Waals surface area contributed by atoms with Crippen LogP contribution in [-0.4, -0.2) is 14.1 Å². The molecule has 0 aliphatic carbocycles. The molecule has 0 atom stereocenters. The van der Waals surface area contributed by atoms with Crippen LogP contribution in [0.3, 0.4) is 0 Å². The van der Waals surface area contributed by atoms with E-state index in [0.29, 0.717) is 0 Å². The van der Waals surface area contributed by atoms with Crippen LogP contribution >= 0.6 is 11.6 Å². The van der Waals surface area contributed by atoms with Crippen LogP contribution in [0.5, 0.6) is 0 Å². The van der Waals surface area contributed by atoms with Crippen molar-refractivity contribution in [2.75, 3.05) is 0 Å². The third-order valence-corrected chi connectivity index (χ3v) is 3.28. The van der Waals surface area contributed by atoms with Crippen LogP contribution in [-0.2, 0) is 10.0 Å². The molecule has 16 heavy (non-hydrogen) atoms. The van der Waals surface area contributed by atoms with E-state index in [1.807, 2.05) is 6.92 Å². The third-order valence-electron chi connectivity index (χ3n) is 1.79. The summed E-state index contributed by atoms with van der Waals surface area (Å²) in [4.78, 5) is 3.67. The normalized spacial score (nSPS) is 11.6. The minimum Gasteiger partial charge on any atom is -0.264 e. The van der Waals surface area contributed by atoms with Crippen molar-refractivity contribution in [2.24, 2.45) is 4.99 Å². The molecule has 0 fully saturated rings. The maximum atomic E-state index is 11.7. The van der Waals surface area contributed by atoms with Gasteiger partial charge in [-0.25, -0.2) is 13.4 Å². The summed E-state index contributed by atoms with van der Waals surface area (Å²) in [6, 6.07) is 6.44. The predicted octanol–water partition coefficient (Wildman–Crippen LogP) is 2.01. The minimum atomic E-state index is -3.62. The maximum Gasteiger partial charge on any atom is 0.263 e. The molecule has 0 aromatic heterocycles. The van der Waals surface area contributed by atoms with E-state index in [4.69, 9.17) is 11.6 Å². The lowest BCUT2D eigenvalue weighted by atomic mass is 10.2. The molecule has 0 heterocycles. The molecule has 0 unspecified atom stereocenters. The van der Waals surface area contributed by atoms with Gasteiger partial charge in [0.05, 0.1) is 10.6 Å². The molecular weight excluding hydrogens is 248 g/mol. The molecule has 1 rings (SSSR count). The van der Waals surface area contributed by atoms with Gasteiger partial charge in [0.15, 0.2) is 0 Å². The first-order chi connectivity index (χ1) is 7.45. The molecular formula is C10H11ClN2O2S. The number of sulfonamides is 1. The number of hydrogen-bond donors (Lipinski definition) is 1. The predicted molar refractivity (Wildman–Crippen MR) is 65.0 cm³/mol. The van der Waals surface area contributed by atoms with Crippen molar-refractivity contribution < 1.29 is 8.42 Å². The molecule has 1 N–H and O–H groups in total. The van der Waals surface area contributed by atoms with Crippen LogP contribution in [0.4, 0.5) is 0 Å². The third kappa shape index (κ3) is 3.36. The Bertz CT molecular complexity index is 506. The Morgan fingerprint density at radius 3 is 2.50 bits per heavy atom. The second-order valence-electron chi connectivity index (χ2n) is 3.09. The number of nitrogens with zero attached hydrogens (tertiary/aromatic N) is 1.